The van der Waals surface area contributed by atoms with Gasteiger partial charge in [-0.25, -0.2) is 8.78 Å². The molecule has 0 fully saturated rings. The molecule has 4 nitrogen and oxygen atoms in total. The molecule has 0 saturated heterocycles. The molecule has 0 amide bonds. The number of thioether (sulfide) groups is 1. The molecule has 1 heterocycles. The molecule has 0 aliphatic rings. The number of aromatic amines is 1. The van der Waals surface area contributed by atoms with Crippen molar-refractivity contribution in [3.63, 3.8) is 0 Å². The summed E-state index contributed by atoms with van der Waals surface area (Å²) in [5, 5.41) is 0.113. The Balaban J connectivity index is 2.47. The Kier molecular flexibility index (Phi) is 3.85. The van der Waals surface area contributed by atoms with E-state index >= 15 is 0 Å². The van der Waals surface area contributed by atoms with Gasteiger partial charge in [0, 0.05) is 11.1 Å². The number of hydrogen-bond acceptors (Lipinski definition) is 2. The SMILES string of the molecule is O=P(O)(O)CSc1c[nH]c2cc(F)c(Br)c(F)c12. The zero-order chi connectivity index (χ0) is 13.5. The van der Waals surface area contributed by atoms with Crippen LogP contribution in [0.3, 0.4) is 0 Å². The summed E-state index contributed by atoms with van der Waals surface area (Å²) in [7, 11) is -4.18. The minimum atomic E-state index is -4.18. The summed E-state index contributed by atoms with van der Waals surface area (Å²) < 4.78 is 37.6. The number of H-pyrrole nitrogens is 1. The maximum Gasteiger partial charge on any atom is 0.335 e. The van der Waals surface area contributed by atoms with Crippen LogP contribution in [0, 0.1) is 11.6 Å². The highest BCUT2D eigenvalue weighted by atomic mass is 79.9. The van der Waals surface area contributed by atoms with Gasteiger partial charge in [-0.3, -0.25) is 4.57 Å². The number of halogens is 3. The highest BCUT2D eigenvalue weighted by molar-refractivity contribution is 9.10. The van der Waals surface area contributed by atoms with Crippen molar-refractivity contribution < 1.29 is 23.1 Å². The normalized spacial score (nSPS) is 12.3. The summed E-state index contributed by atoms with van der Waals surface area (Å²) in [6, 6.07) is 1.12. The molecule has 9 heteroatoms. The van der Waals surface area contributed by atoms with E-state index in [1.165, 1.54) is 6.20 Å². The van der Waals surface area contributed by atoms with Gasteiger partial charge >= 0.3 is 7.60 Å². The lowest BCUT2D eigenvalue weighted by Gasteiger charge is -2.04. The van der Waals surface area contributed by atoms with E-state index in [4.69, 9.17) is 9.79 Å². The van der Waals surface area contributed by atoms with Crippen LogP contribution in [0.15, 0.2) is 21.6 Å². The Morgan fingerprint density at radius 1 is 1.44 bits per heavy atom. The Hall–Kier alpha value is -0.400. The van der Waals surface area contributed by atoms with Crippen molar-refractivity contribution in [2.24, 2.45) is 0 Å². The second-order valence-electron chi connectivity index (χ2n) is 3.50. The third-order valence-corrected chi connectivity index (χ3v) is 5.38. The molecule has 98 valence electrons. The van der Waals surface area contributed by atoms with Crippen LogP contribution in [0.25, 0.3) is 10.9 Å². The van der Waals surface area contributed by atoms with E-state index in [0.717, 1.165) is 17.8 Å². The predicted molar refractivity (Wildman–Crippen MR) is 68.7 cm³/mol. The van der Waals surface area contributed by atoms with Crippen molar-refractivity contribution in [1.82, 2.24) is 4.98 Å². The molecule has 0 saturated carbocycles. The maximum absolute atomic E-state index is 13.9. The monoisotopic (exact) mass is 357 g/mol. The average Bonchev–Trinajstić information content (AvgIpc) is 2.65. The van der Waals surface area contributed by atoms with Gasteiger partial charge in [0.25, 0.3) is 0 Å². The van der Waals surface area contributed by atoms with E-state index in [2.05, 4.69) is 20.9 Å². The van der Waals surface area contributed by atoms with E-state index in [-0.39, 0.29) is 15.4 Å². The summed E-state index contributed by atoms with van der Waals surface area (Å²) >= 11 is 3.60. The number of aromatic nitrogens is 1. The fraction of sp³-hybridized carbons (Fsp3) is 0.111. The van der Waals surface area contributed by atoms with E-state index < -0.39 is 24.7 Å². The molecule has 1 aromatic carbocycles. The van der Waals surface area contributed by atoms with Gasteiger partial charge in [-0.1, -0.05) is 0 Å². The second-order valence-corrected chi connectivity index (χ2v) is 7.38. The molecule has 0 radical (unpaired) electrons. The number of nitrogens with one attached hydrogen (secondary N) is 1. The van der Waals surface area contributed by atoms with Gasteiger partial charge in [0.15, 0.2) is 5.82 Å². The third-order valence-electron chi connectivity index (χ3n) is 2.16. The molecule has 18 heavy (non-hydrogen) atoms. The summed E-state index contributed by atoms with van der Waals surface area (Å²) in [6.45, 7) is 0. The lowest BCUT2D eigenvalue weighted by Crippen LogP contribution is -1.87. The van der Waals surface area contributed by atoms with Crippen molar-refractivity contribution in [3.8, 4) is 0 Å². The molecule has 3 N–H and O–H groups in total. The number of fused-ring (bicyclic) bond motifs is 1. The molecule has 0 bridgehead atoms. The lowest BCUT2D eigenvalue weighted by atomic mass is 10.2. The topological polar surface area (TPSA) is 73.3 Å². The van der Waals surface area contributed by atoms with Gasteiger partial charge in [0.05, 0.1) is 15.4 Å². The summed E-state index contributed by atoms with van der Waals surface area (Å²) in [5.41, 5.74) is -0.226. The van der Waals surface area contributed by atoms with Crippen LogP contribution < -0.4 is 0 Å². The van der Waals surface area contributed by atoms with E-state index in [1.807, 2.05) is 0 Å². The zero-order valence-electron chi connectivity index (χ0n) is 8.65. The molecule has 2 rings (SSSR count). The lowest BCUT2D eigenvalue weighted by molar-refractivity contribution is 0.379. The first kappa shape index (κ1) is 14.0. The predicted octanol–water partition coefficient (Wildman–Crippen LogP) is 3.44. The molecule has 0 unspecified atom stereocenters. The fourth-order valence-electron chi connectivity index (χ4n) is 1.43. The highest BCUT2D eigenvalue weighted by Crippen LogP contribution is 2.43. The van der Waals surface area contributed by atoms with Gasteiger partial charge in [0.2, 0.25) is 0 Å². The minimum absolute atomic E-state index is 0.113. The van der Waals surface area contributed by atoms with Crippen LogP contribution in [0.5, 0.6) is 0 Å². The minimum Gasteiger partial charge on any atom is -0.360 e. The molecule has 0 atom stereocenters. The van der Waals surface area contributed by atoms with E-state index in [0.29, 0.717) is 4.90 Å². The average molecular weight is 358 g/mol. The smallest absolute Gasteiger partial charge is 0.335 e. The van der Waals surface area contributed by atoms with E-state index in [9.17, 15) is 13.3 Å². The van der Waals surface area contributed by atoms with Crippen molar-refractivity contribution >= 4 is 46.2 Å². The summed E-state index contributed by atoms with van der Waals surface area (Å²) in [6.07, 6.45) is 1.39. The Morgan fingerprint density at radius 3 is 2.72 bits per heavy atom. The molecule has 0 aliphatic carbocycles. The highest BCUT2D eigenvalue weighted by Gasteiger charge is 2.19. The van der Waals surface area contributed by atoms with Gasteiger partial charge in [-0.15, -0.1) is 11.8 Å². The van der Waals surface area contributed by atoms with Gasteiger partial charge in [-0.2, -0.15) is 0 Å². The van der Waals surface area contributed by atoms with Gasteiger partial charge < -0.3 is 14.8 Å². The zero-order valence-corrected chi connectivity index (χ0v) is 12.0. The van der Waals surface area contributed by atoms with Crippen LogP contribution in [0.4, 0.5) is 8.78 Å². The summed E-state index contributed by atoms with van der Waals surface area (Å²) in [5.74, 6) is -1.53. The molecule has 0 aliphatic heterocycles. The van der Waals surface area contributed by atoms with Crippen molar-refractivity contribution in [2.45, 2.75) is 4.90 Å². The molecule has 1 aromatic heterocycles. The third kappa shape index (κ3) is 2.78. The number of benzene rings is 1. The Bertz CT molecular complexity index is 657. The Morgan fingerprint density at radius 2 is 2.11 bits per heavy atom. The molecule has 0 spiro atoms. The van der Waals surface area contributed by atoms with Crippen molar-refractivity contribution in [2.75, 3.05) is 5.49 Å². The Labute approximate surface area is 113 Å². The molecule has 2 aromatic rings. The first-order valence-electron chi connectivity index (χ1n) is 4.61. The standard InChI is InChI=1S/C9H7BrF2NO3PS/c10-8-4(11)1-5-7(9(8)12)6(2-13-5)18-3-17(14,15)16/h1-2,13H,3H2,(H2,14,15,16). The van der Waals surface area contributed by atoms with E-state index in [1.54, 1.807) is 0 Å². The largest absolute Gasteiger partial charge is 0.360 e. The molecular weight excluding hydrogens is 351 g/mol. The van der Waals surface area contributed by atoms with Crippen LogP contribution in [-0.2, 0) is 4.57 Å². The van der Waals surface area contributed by atoms with Crippen LogP contribution in [-0.4, -0.2) is 20.3 Å². The van der Waals surface area contributed by atoms with Crippen molar-refractivity contribution in [1.29, 1.82) is 0 Å². The van der Waals surface area contributed by atoms with Crippen LogP contribution in [0.1, 0.15) is 0 Å². The summed E-state index contributed by atoms with van der Waals surface area (Å²) in [4.78, 5) is 20.5. The second kappa shape index (κ2) is 4.94. The first-order chi connectivity index (χ1) is 8.29. The maximum atomic E-state index is 13.9. The fourth-order valence-corrected chi connectivity index (χ4v) is 3.46. The van der Waals surface area contributed by atoms with Crippen molar-refractivity contribution in [3.05, 3.63) is 28.4 Å². The number of rotatable bonds is 3. The quantitative estimate of drug-likeness (QED) is 0.447. The van der Waals surface area contributed by atoms with Gasteiger partial charge in [-0.05, 0) is 22.0 Å². The molecular formula is C9H7BrF2NO3PS. The number of hydrogen-bond donors (Lipinski definition) is 3. The van der Waals surface area contributed by atoms with Crippen LogP contribution in [0.2, 0.25) is 0 Å². The first-order valence-corrected chi connectivity index (χ1v) is 8.19. The van der Waals surface area contributed by atoms with Crippen LogP contribution >= 0.6 is 35.3 Å². The van der Waals surface area contributed by atoms with Gasteiger partial charge in [0.1, 0.15) is 11.3 Å².